The van der Waals surface area contributed by atoms with Gasteiger partial charge in [-0.15, -0.1) is 0 Å². The molecule has 6 heteroatoms. The lowest BCUT2D eigenvalue weighted by Gasteiger charge is -2.09. The Balaban J connectivity index is 1.89. The van der Waals surface area contributed by atoms with Gasteiger partial charge in [0.25, 0.3) is 0 Å². The summed E-state index contributed by atoms with van der Waals surface area (Å²) < 4.78 is 3.04. The Morgan fingerprint density at radius 2 is 1.96 bits per heavy atom. The lowest BCUT2D eigenvalue weighted by molar-refractivity contribution is 0.779. The lowest BCUT2D eigenvalue weighted by Crippen LogP contribution is -2.07. The van der Waals surface area contributed by atoms with Crippen molar-refractivity contribution in [3.63, 3.8) is 0 Å². The fourth-order valence-corrected chi connectivity index (χ4v) is 3.16. The molecule has 1 aliphatic heterocycles. The fraction of sp³-hybridized carbons (Fsp3) is 0.235. The zero-order valence-electron chi connectivity index (χ0n) is 12.5. The highest BCUT2D eigenvalue weighted by Gasteiger charge is 2.22. The van der Waals surface area contributed by atoms with Crippen LogP contribution in [-0.2, 0) is 6.42 Å². The van der Waals surface area contributed by atoms with Crippen LogP contribution in [0.1, 0.15) is 18.4 Å². The molecule has 1 aliphatic rings. The van der Waals surface area contributed by atoms with Crippen LogP contribution in [-0.4, -0.2) is 26.3 Å². The highest BCUT2D eigenvalue weighted by molar-refractivity contribution is 9.10. The summed E-state index contributed by atoms with van der Waals surface area (Å²) in [6.07, 6.45) is 8.50. The van der Waals surface area contributed by atoms with Crippen LogP contribution in [0.15, 0.2) is 47.3 Å². The van der Waals surface area contributed by atoms with Gasteiger partial charge in [0.1, 0.15) is 17.2 Å². The maximum atomic E-state index is 4.84. The summed E-state index contributed by atoms with van der Waals surface area (Å²) in [5.41, 5.74) is 4.01. The van der Waals surface area contributed by atoms with Gasteiger partial charge in [-0.2, -0.15) is 5.10 Å². The van der Waals surface area contributed by atoms with Gasteiger partial charge >= 0.3 is 0 Å². The van der Waals surface area contributed by atoms with E-state index in [2.05, 4.69) is 43.3 Å². The number of nitrogens with zero attached hydrogens (tertiary/aromatic N) is 4. The van der Waals surface area contributed by atoms with E-state index >= 15 is 0 Å². The molecular weight excluding hydrogens is 354 g/mol. The lowest BCUT2D eigenvalue weighted by atomic mass is 10.1. The van der Waals surface area contributed by atoms with E-state index in [0.717, 1.165) is 53.2 Å². The van der Waals surface area contributed by atoms with Gasteiger partial charge in [0, 0.05) is 29.0 Å². The van der Waals surface area contributed by atoms with Crippen molar-refractivity contribution in [3.8, 4) is 17.1 Å². The molecule has 0 aliphatic carbocycles. The normalized spacial score (nSPS) is 14.0. The minimum absolute atomic E-state index is 0.823. The molecule has 0 fully saturated rings. The second-order valence-electron chi connectivity index (χ2n) is 5.54. The number of aromatic nitrogens is 4. The Morgan fingerprint density at radius 3 is 2.74 bits per heavy atom. The topological polar surface area (TPSA) is 55.6 Å². The van der Waals surface area contributed by atoms with E-state index in [4.69, 9.17) is 5.10 Å². The van der Waals surface area contributed by atoms with E-state index in [9.17, 15) is 0 Å². The van der Waals surface area contributed by atoms with Crippen LogP contribution in [0.25, 0.3) is 17.1 Å². The third-order valence-corrected chi connectivity index (χ3v) is 4.54. The van der Waals surface area contributed by atoms with Crippen LogP contribution in [0.5, 0.6) is 0 Å². The summed E-state index contributed by atoms with van der Waals surface area (Å²) in [5, 5.41) is 8.38. The second kappa shape index (κ2) is 6.12. The van der Waals surface area contributed by atoms with Gasteiger partial charge in [-0.25, -0.2) is 4.68 Å². The first kappa shape index (κ1) is 14.4. The van der Waals surface area contributed by atoms with E-state index in [1.807, 2.05) is 16.8 Å². The van der Waals surface area contributed by atoms with E-state index in [1.54, 1.807) is 18.6 Å². The van der Waals surface area contributed by atoms with Gasteiger partial charge in [0.2, 0.25) is 0 Å². The monoisotopic (exact) mass is 369 g/mol. The molecule has 116 valence electrons. The molecule has 0 saturated carbocycles. The SMILES string of the molecule is Brc1ccc(-n2nc(-c3cnccn3)c3c2NCCCC3)cc1. The highest BCUT2D eigenvalue weighted by Crippen LogP contribution is 2.33. The van der Waals surface area contributed by atoms with Gasteiger partial charge in [0.05, 0.1) is 11.9 Å². The highest BCUT2D eigenvalue weighted by atomic mass is 79.9. The standard InChI is InChI=1S/C17H16BrN5/c18-12-4-6-13(7-5-12)23-17-14(3-1-2-8-21-17)16(22-23)15-11-19-9-10-20-15/h4-7,9-11,21H,1-3,8H2. The van der Waals surface area contributed by atoms with E-state index < -0.39 is 0 Å². The van der Waals surface area contributed by atoms with Crippen molar-refractivity contribution in [2.24, 2.45) is 0 Å². The van der Waals surface area contributed by atoms with Crippen molar-refractivity contribution in [2.75, 3.05) is 11.9 Å². The molecule has 3 aromatic rings. The third-order valence-electron chi connectivity index (χ3n) is 4.01. The molecule has 2 aromatic heterocycles. The van der Waals surface area contributed by atoms with Crippen LogP contribution in [0.4, 0.5) is 5.82 Å². The number of rotatable bonds is 2. The third kappa shape index (κ3) is 2.74. The molecule has 0 atom stereocenters. The molecule has 0 saturated heterocycles. The van der Waals surface area contributed by atoms with Crippen LogP contribution in [0.3, 0.4) is 0 Å². The Hall–Kier alpha value is -2.21. The van der Waals surface area contributed by atoms with Crippen molar-refractivity contribution < 1.29 is 0 Å². The quantitative estimate of drug-likeness (QED) is 0.745. The summed E-state index contributed by atoms with van der Waals surface area (Å²) in [6.45, 7) is 0.967. The Bertz CT molecular complexity index is 811. The minimum Gasteiger partial charge on any atom is -0.370 e. The van der Waals surface area contributed by atoms with Gasteiger partial charge in [-0.05, 0) is 43.5 Å². The van der Waals surface area contributed by atoms with Crippen molar-refractivity contribution in [1.29, 1.82) is 0 Å². The first-order valence-electron chi connectivity index (χ1n) is 7.71. The van der Waals surface area contributed by atoms with Crippen LogP contribution in [0.2, 0.25) is 0 Å². The molecule has 23 heavy (non-hydrogen) atoms. The van der Waals surface area contributed by atoms with E-state index in [-0.39, 0.29) is 0 Å². The molecule has 0 radical (unpaired) electrons. The zero-order chi connectivity index (χ0) is 15.6. The van der Waals surface area contributed by atoms with Crippen LogP contribution in [0, 0.1) is 0 Å². The number of nitrogens with one attached hydrogen (secondary N) is 1. The molecule has 0 bridgehead atoms. The van der Waals surface area contributed by atoms with Crippen LogP contribution < -0.4 is 5.32 Å². The Labute approximate surface area is 142 Å². The Morgan fingerprint density at radius 1 is 1.09 bits per heavy atom. The zero-order valence-corrected chi connectivity index (χ0v) is 14.1. The number of benzene rings is 1. The van der Waals surface area contributed by atoms with Gasteiger partial charge in [-0.1, -0.05) is 15.9 Å². The summed E-state index contributed by atoms with van der Waals surface area (Å²) in [6, 6.07) is 8.18. The fourth-order valence-electron chi connectivity index (χ4n) is 2.90. The maximum Gasteiger partial charge on any atom is 0.133 e. The first-order valence-corrected chi connectivity index (χ1v) is 8.50. The van der Waals surface area contributed by atoms with Gasteiger partial charge < -0.3 is 5.32 Å². The van der Waals surface area contributed by atoms with E-state index in [0.29, 0.717) is 0 Å². The smallest absolute Gasteiger partial charge is 0.133 e. The van der Waals surface area contributed by atoms with E-state index in [1.165, 1.54) is 5.56 Å². The molecule has 0 amide bonds. The van der Waals surface area contributed by atoms with Crippen molar-refractivity contribution in [1.82, 2.24) is 19.7 Å². The largest absolute Gasteiger partial charge is 0.370 e. The van der Waals surface area contributed by atoms with Crippen molar-refractivity contribution in [3.05, 3.63) is 52.9 Å². The maximum absolute atomic E-state index is 4.84. The first-order chi connectivity index (χ1) is 11.3. The number of hydrogen-bond donors (Lipinski definition) is 1. The summed E-state index contributed by atoms with van der Waals surface area (Å²) >= 11 is 3.48. The summed E-state index contributed by atoms with van der Waals surface area (Å²) in [7, 11) is 0. The molecule has 1 N–H and O–H groups in total. The molecule has 0 unspecified atom stereocenters. The number of hydrogen-bond acceptors (Lipinski definition) is 4. The number of anilines is 1. The molecule has 1 aromatic carbocycles. The van der Waals surface area contributed by atoms with Crippen LogP contribution >= 0.6 is 15.9 Å². The molecule has 0 spiro atoms. The molecule has 5 nitrogen and oxygen atoms in total. The average Bonchev–Trinajstić information content (AvgIpc) is 2.78. The predicted octanol–water partition coefficient (Wildman–Crippen LogP) is 3.84. The second-order valence-corrected chi connectivity index (χ2v) is 6.45. The molecule has 3 heterocycles. The summed E-state index contributed by atoms with van der Waals surface area (Å²) in [4.78, 5) is 8.62. The van der Waals surface area contributed by atoms with Gasteiger partial charge in [-0.3, -0.25) is 9.97 Å². The summed E-state index contributed by atoms with van der Waals surface area (Å²) in [5.74, 6) is 1.07. The Kier molecular flexibility index (Phi) is 3.83. The van der Waals surface area contributed by atoms with Gasteiger partial charge in [0.15, 0.2) is 0 Å². The molecule has 4 rings (SSSR count). The molecular formula is C17H16BrN5. The minimum atomic E-state index is 0.823. The average molecular weight is 370 g/mol. The van der Waals surface area contributed by atoms with Crippen molar-refractivity contribution >= 4 is 21.7 Å². The number of fused-ring (bicyclic) bond motifs is 1. The van der Waals surface area contributed by atoms with Crippen molar-refractivity contribution in [2.45, 2.75) is 19.3 Å². The predicted molar refractivity (Wildman–Crippen MR) is 93.7 cm³/mol. The number of halogens is 1.